The first-order valence-corrected chi connectivity index (χ1v) is 9.94. The van der Waals surface area contributed by atoms with Gasteiger partial charge in [-0.3, -0.25) is 9.79 Å². The maximum atomic E-state index is 11.6. The van der Waals surface area contributed by atoms with Gasteiger partial charge in [-0.25, -0.2) is 0 Å². The number of ether oxygens (including phenoxy) is 1. The number of nitrogens with one attached hydrogen (secondary N) is 3. The van der Waals surface area contributed by atoms with Crippen LogP contribution in [0.5, 0.6) is 5.75 Å². The number of nitrogens with zero attached hydrogens (tertiary/aromatic N) is 1. The van der Waals surface area contributed by atoms with Crippen LogP contribution < -0.4 is 20.7 Å². The first-order chi connectivity index (χ1) is 13.0. The van der Waals surface area contributed by atoms with E-state index in [0.717, 1.165) is 37.2 Å². The van der Waals surface area contributed by atoms with Crippen molar-refractivity contribution < 1.29 is 9.53 Å². The number of hydrogen-bond acceptors (Lipinski definition) is 3. The van der Waals surface area contributed by atoms with Crippen LogP contribution >= 0.6 is 24.0 Å². The molecule has 1 aromatic rings. The molecule has 0 spiro atoms. The van der Waals surface area contributed by atoms with Crippen LogP contribution in [-0.2, 0) is 11.3 Å². The van der Waals surface area contributed by atoms with Gasteiger partial charge in [0.25, 0.3) is 0 Å². The van der Waals surface area contributed by atoms with Crippen LogP contribution in [0.2, 0.25) is 0 Å². The Kier molecular flexibility index (Phi) is 11.3. The number of hydrogen-bond donors (Lipinski definition) is 3. The smallest absolute Gasteiger partial charge is 0.223 e. The fraction of sp³-hybridized carbons (Fsp3) is 0.619. The van der Waals surface area contributed by atoms with E-state index in [9.17, 15) is 4.79 Å². The maximum absolute atomic E-state index is 11.6. The van der Waals surface area contributed by atoms with Crippen molar-refractivity contribution in [3.8, 4) is 5.75 Å². The third-order valence-electron chi connectivity index (χ3n) is 4.51. The maximum Gasteiger partial charge on any atom is 0.223 e. The molecule has 28 heavy (non-hydrogen) atoms. The molecule has 1 aliphatic carbocycles. The van der Waals surface area contributed by atoms with Crippen molar-refractivity contribution in [2.45, 2.75) is 46.6 Å². The summed E-state index contributed by atoms with van der Waals surface area (Å²) in [5.41, 5.74) is 2.29. The average Bonchev–Trinajstić information content (AvgIpc) is 3.47. The van der Waals surface area contributed by atoms with E-state index in [4.69, 9.17) is 4.74 Å². The molecule has 7 heteroatoms. The van der Waals surface area contributed by atoms with Crippen LogP contribution in [0.15, 0.2) is 23.2 Å². The van der Waals surface area contributed by atoms with Crippen LogP contribution in [0.25, 0.3) is 0 Å². The Morgan fingerprint density at radius 3 is 2.57 bits per heavy atom. The lowest BCUT2D eigenvalue weighted by atomic mass is 10.1. The highest BCUT2D eigenvalue weighted by molar-refractivity contribution is 14.0. The Bertz CT molecular complexity index is 645. The molecule has 0 radical (unpaired) electrons. The van der Waals surface area contributed by atoms with Crippen molar-refractivity contribution in [2.24, 2.45) is 16.8 Å². The summed E-state index contributed by atoms with van der Waals surface area (Å²) in [4.78, 5) is 15.9. The van der Waals surface area contributed by atoms with Gasteiger partial charge in [0.15, 0.2) is 5.96 Å². The lowest BCUT2D eigenvalue weighted by Gasteiger charge is -2.16. The molecule has 1 aromatic carbocycles. The number of benzene rings is 1. The molecule has 1 aliphatic rings. The second-order valence-corrected chi connectivity index (χ2v) is 7.56. The van der Waals surface area contributed by atoms with Crippen molar-refractivity contribution in [3.05, 3.63) is 29.3 Å². The fourth-order valence-corrected chi connectivity index (χ4v) is 2.60. The lowest BCUT2D eigenvalue weighted by Crippen LogP contribution is -2.41. The first-order valence-electron chi connectivity index (χ1n) is 9.94. The minimum absolute atomic E-state index is 0. The van der Waals surface area contributed by atoms with Gasteiger partial charge in [-0.2, -0.15) is 0 Å². The molecule has 0 saturated heterocycles. The normalized spacial score (nSPS) is 13.7. The van der Waals surface area contributed by atoms with E-state index in [1.54, 1.807) is 7.05 Å². The van der Waals surface area contributed by atoms with Crippen LogP contribution in [0, 0.1) is 18.8 Å². The minimum Gasteiger partial charge on any atom is -0.493 e. The van der Waals surface area contributed by atoms with E-state index in [2.05, 4.69) is 59.9 Å². The number of guanidine groups is 1. The van der Waals surface area contributed by atoms with Crippen molar-refractivity contribution in [1.82, 2.24) is 16.0 Å². The van der Waals surface area contributed by atoms with Gasteiger partial charge in [-0.1, -0.05) is 26.0 Å². The van der Waals surface area contributed by atoms with Gasteiger partial charge in [0, 0.05) is 38.2 Å². The zero-order chi connectivity index (χ0) is 19.6. The quantitative estimate of drug-likeness (QED) is 0.199. The number of halogens is 1. The Labute approximate surface area is 186 Å². The lowest BCUT2D eigenvalue weighted by molar-refractivity contribution is -0.122. The summed E-state index contributed by atoms with van der Waals surface area (Å²) >= 11 is 0. The summed E-state index contributed by atoms with van der Waals surface area (Å²) in [5, 5.41) is 9.48. The number of amides is 1. The number of aryl methyl sites for hydroxylation is 1. The van der Waals surface area contributed by atoms with Gasteiger partial charge in [-0.05, 0) is 43.7 Å². The minimum atomic E-state index is 0. The van der Waals surface area contributed by atoms with E-state index >= 15 is 0 Å². The van der Waals surface area contributed by atoms with Gasteiger partial charge >= 0.3 is 0 Å². The highest BCUT2D eigenvalue weighted by Gasteiger charge is 2.28. The zero-order valence-corrected chi connectivity index (χ0v) is 19.8. The van der Waals surface area contributed by atoms with E-state index in [-0.39, 0.29) is 35.8 Å². The van der Waals surface area contributed by atoms with Crippen LogP contribution in [0.4, 0.5) is 0 Å². The van der Waals surface area contributed by atoms with E-state index in [0.29, 0.717) is 31.5 Å². The number of carbonyl (C=O) groups is 1. The van der Waals surface area contributed by atoms with E-state index in [1.807, 2.05) is 0 Å². The number of carbonyl (C=O) groups excluding carboxylic acids is 1. The Morgan fingerprint density at radius 1 is 1.21 bits per heavy atom. The molecule has 1 saturated carbocycles. The summed E-state index contributed by atoms with van der Waals surface area (Å²) in [6, 6.07) is 6.27. The largest absolute Gasteiger partial charge is 0.493 e. The summed E-state index contributed by atoms with van der Waals surface area (Å²) in [6.45, 7) is 9.07. The molecule has 0 aromatic heterocycles. The summed E-state index contributed by atoms with van der Waals surface area (Å²) in [5.74, 6) is 2.68. The molecule has 1 amide bonds. The van der Waals surface area contributed by atoms with Crippen LogP contribution in [-0.4, -0.2) is 38.6 Å². The van der Waals surface area contributed by atoms with Crippen LogP contribution in [0.3, 0.4) is 0 Å². The predicted octanol–water partition coefficient (Wildman–Crippen LogP) is 3.23. The molecule has 0 heterocycles. The molecule has 6 nitrogen and oxygen atoms in total. The SMILES string of the molecule is CN=C(NCCNC(=O)C1CC1)NCc1ccc(C)cc1OCCC(C)C.I. The monoisotopic (exact) mass is 502 g/mol. The van der Waals surface area contributed by atoms with Gasteiger partial charge in [0.1, 0.15) is 5.75 Å². The van der Waals surface area contributed by atoms with Crippen molar-refractivity contribution >= 4 is 35.8 Å². The summed E-state index contributed by atoms with van der Waals surface area (Å²) in [6.07, 6.45) is 3.10. The fourth-order valence-electron chi connectivity index (χ4n) is 2.60. The van der Waals surface area contributed by atoms with Crippen molar-refractivity contribution in [3.63, 3.8) is 0 Å². The summed E-state index contributed by atoms with van der Waals surface area (Å²) < 4.78 is 6.00. The molecule has 0 bridgehead atoms. The van der Waals surface area contributed by atoms with Gasteiger partial charge < -0.3 is 20.7 Å². The molecule has 3 N–H and O–H groups in total. The third kappa shape index (κ3) is 9.12. The van der Waals surface area contributed by atoms with Crippen molar-refractivity contribution in [1.29, 1.82) is 0 Å². The second-order valence-electron chi connectivity index (χ2n) is 7.56. The Morgan fingerprint density at radius 2 is 1.93 bits per heavy atom. The molecule has 2 rings (SSSR count). The van der Waals surface area contributed by atoms with E-state index in [1.165, 1.54) is 5.56 Å². The highest BCUT2D eigenvalue weighted by atomic mass is 127. The van der Waals surface area contributed by atoms with Crippen molar-refractivity contribution in [2.75, 3.05) is 26.7 Å². The van der Waals surface area contributed by atoms with Gasteiger partial charge in [-0.15, -0.1) is 24.0 Å². The zero-order valence-electron chi connectivity index (χ0n) is 17.5. The molecule has 0 unspecified atom stereocenters. The topological polar surface area (TPSA) is 74.8 Å². The Hall–Kier alpha value is -1.51. The van der Waals surface area contributed by atoms with E-state index < -0.39 is 0 Å². The standard InChI is InChI=1S/C21H34N4O2.HI/c1-15(2)9-12-27-19-13-16(3)5-6-18(19)14-25-21(22-4)24-11-10-23-20(26)17-7-8-17;/h5-6,13,15,17H,7-12,14H2,1-4H3,(H,23,26)(H2,22,24,25);1H. The second kappa shape index (κ2) is 12.9. The number of aliphatic imine (C=N–C) groups is 1. The van der Waals surface area contributed by atoms with Crippen LogP contribution in [0.1, 0.15) is 44.2 Å². The predicted molar refractivity (Wildman–Crippen MR) is 125 cm³/mol. The molecular formula is C21H35IN4O2. The Balaban J connectivity index is 0.00000392. The van der Waals surface area contributed by atoms with Gasteiger partial charge in [0.05, 0.1) is 6.61 Å². The molecule has 0 aliphatic heterocycles. The number of rotatable bonds is 10. The third-order valence-corrected chi connectivity index (χ3v) is 4.51. The highest BCUT2D eigenvalue weighted by Crippen LogP contribution is 2.28. The molecular weight excluding hydrogens is 467 g/mol. The van der Waals surface area contributed by atoms with Gasteiger partial charge in [0.2, 0.25) is 5.91 Å². The molecule has 0 atom stereocenters. The molecule has 1 fully saturated rings. The summed E-state index contributed by atoms with van der Waals surface area (Å²) in [7, 11) is 1.74. The molecule has 158 valence electrons. The average molecular weight is 502 g/mol. The first kappa shape index (κ1) is 24.5.